The molecule has 0 spiro atoms. The molecule has 6 fully saturated rings. The highest BCUT2D eigenvalue weighted by Gasteiger charge is 2.44. The van der Waals surface area contributed by atoms with Crippen LogP contribution in [0.4, 0.5) is 38.5 Å². The van der Waals surface area contributed by atoms with Crippen LogP contribution in [0.25, 0.3) is 22.1 Å². The predicted octanol–water partition coefficient (Wildman–Crippen LogP) is 10.0. The number of carbonyl (C=O) groups excluding carboxylic acids is 2. The zero-order valence-electron chi connectivity index (χ0n) is 40.7. The Bertz CT molecular complexity index is 2750. The van der Waals surface area contributed by atoms with Crippen LogP contribution in [0.2, 0.25) is 0 Å². The highest BCUT2D eigenvalue weighted by atomic mass is 19.1. The second kappa shape index (κ2) is 20.0. The Kier molecular flexibility index (Phi) is 13.3. The average molecular weight is 1010 g/mol. The number of carboxylic acid groups (broad SMARTS) is 2. The minimum atomic E-state index is -1.26. The Morgan fingerprint density at radius 2 is 0.959 bits per heavy atom. The van der Waals surface area contributed by atoms with Gasteiger partial charge in [-0.05, 0) is 132 Å². The first-order chi connectivity index (χ1) is 35.3. The van der Waals surface area contributed by atoms with Gasteiger partial charge in [0.1, 0.15) is 41.1 Å². The van der Waals surface area contributed by atoms with Crippen molar-refractivity contribution in [2.24, 2.45) is 11.8 Å². The Balaban J connectivity index is 0.930. The number of rotatable bonds is 12. The van der Waals surface area contributed by atoms with Crippen LogP contribution in [0.15, 0.2) is 36.4 Å². The molecule has 4 aliphatic heterocycles. The van der Waals surface area contributed by atoms with Gasteiger partial charge in [0.15, 0.2) is 11.6 Å². The number of fused-ring (bicyclic) bond motifs is 2. The number of hydrogen-bond donors (Lipinski definition) is 6. The van der Waals surface area contributed by atoms with Crippen LogP contribution in [0.5, 0.6) is 0 Å². The molecule has 73 heavy (non-hydrogen) atoms. The first kappa shape index (κ1) is 48.7. The Morgan fingerprint density at radius 1 is 0.521 bits per heavy atom. The molecule has 0 radical (unpaired) electrons. The van der Waals surface area contributed by atoms with E-state index in [1.165, 1.54) is 24.3 Å². The first-order valence-electron chi connectivity index (χ1n) is 26.3. The van der Waals surface area contributed by atoms with Crippen LogP contribution in [0, 0.1) is 35.1 Å². The van der Waals surface area contributed by atoms with Crippen molar-refractivity contribution in [3.8, 4) is 0 Å². The van der Waals surface area contributed by atoms with Gasteiger partial charge in [0.2, 0.25) is 11.8 Å². The molecule has 5 aromatic rings. The molecule has 0 unspecified atom stereocenters. The van der Waals surface area contributed by atoms with Crippen molar-refractivity contribution in [3.05, 3.63) is 82.4 Å². The topological polar surface area (TPSA) is 203 Å². The van der Waals surface area contributed by atoms with Gasteiger partial charge >= 0.3 is 12.2 Å². The number of nitrogens with zero attached hydrogens (tertiary/aromatic N) is 6. The van der Waals surface area contributed by atoms with E-state index in [1.807, 2.05) is 0 Å². The SMILES string of the molecule is O=C(O)N[C@H](C(=O)N1CCC[C@H]1c1nc2cc([C@H]3CC[C@H](c4cc5nc([C@@H]6CCCN6C(=O)[C@@H](NC(=O)O)C6CCCC6)[nH]c5cc4F)N3c3cc(F)c(N4CCCCC4)c(F)c3)c(F)cc2[nH]1)C1CCCC1. The highest BCUT2D eigenvalue weighted by molar-refractivity contribution is 5.87. The van der Waals surface area contributed by atoms with E-state index in [1.54, 1.807) is 31.7 Å². The molecule has 16 nitrogen and oxygen atoms in total. The number of amides is 4. The van der Waals surface area contributed by atoms with Crippen molar-refractivity contribution in [3.63, 3.8) is 0 Å². The largest absolute Gasteiger partial charge is 0.465 e. The van der Waals surface area contributed by atoms with Gasteiger partial charge < -0.3 is 50.4 Å². The number of hydrogen-bond acceptors (Lipinski definition) is 8. The fourth-order valence-electron chi connectivity index (χ4n) is 13.5. The van der Waals surface area contributed by atoms with Gasteiger partial charge in [-0.2, -0.15) is 0 Å². The van der Waals surface area contributed by atoms with Crippen LogP contribution in [-0.4, -0.2) is 102 Å². The molecule has 2 aromatic heterocycles. The van der Waals surface area contributed by atoms with Crippen molar-refractivity contribution in [2.75, 3.05) is 36.0 Å². The lowest BCUT2D eigenvalue weighted by atomic mass is 9.96. The van der Waals surface area contributed by atoms with E-state index in [9.17, 15) is 29.4 Å². The van der Waals surface area contributed by atoms with Crippen molar-refractivity contribution in [1.82, 2.24) is 40.4 Å². The summed E-state index contributed by atoms with van der Waals surface area (Å²) in [6, 6.07) is 3.85. The number of aromatic nitrogens is 4. The molecule has 388 valence electrons. The molecule has 6 N–H and O–H groups in total. The summed E-state index contributed by atoms with van der Waals surface area (Å²) >= 11 is 0. The first-order valence-corrected chi connectivity index (χ1v) is 26.3. The number of aromatic amines is 2. The summed E-state index contributed by atoms with van der Waals surface area (Å²) in [6.07, 6.45) is 9.63. The molecule has 0 bridgehead atoms. The summed E-state index contributed by atoms with van der Waals surface area (Å²) in [7, 11) is 0. The standard InChI is InChI=1S/C53H62F4N10O6/c54-33-26-39-37(58-48(60-39)43-14-8-20-65(43)50(68)45(62-52(70)71)28-10-2-3-11-28)24-31(33)41-16-17-42(67(41)30-22-35(56)47(36(57)23-30)64-18-6-1-7-19-64)32-25-38-40(27-34(32)55)61-49(59-38)44-15-9-21-66(44)51(69)46(63-53(72)73)29-12-4-5-13-29/h22-29,41-46,62-63H,1-21H2,(H,58,60)(H,59,61)(H,70,71)(H,72,73)/t41-,42-,43+,44+,45+,46+/m1/s1. The summed E-state index contributed by atoms with van der Waals surface area (Å²) in [5.74, 6) is -2.79. The number of likely N-dealkylation sites (tertiary alicyclic amines) is 2. The fourth-order valence-corrected chi connectivity index (χ4v) is 13.5. The summed E-state index contributed by atoms with van der Waals surface area (Å²) in [4.78, 5) is 74.9. The zero-order valence-corrected chi connectivity index (χ0v) is 40.7. The van der Waals surface area contributed by atoms with E-state index >= 15 is 17.6 Å². The lowest BCUT2D eigenvalue weighted by Crippen LogP contribution is -2.51. The second-order valence-corrected chi connectivity index (χ2v) is 21.2. The maximum absolute atomic E-state index is 16.9. The zero-order chi connectivity index (χ0) is 50.7. The quantitative estimate of drug-likeness (QED) is 0.0653. The van der Waals surface area contributed by atoms with Crippen molar-refractivity contribution < 1.29 is 47.0 Å². The molecule has 2 aliphatic carbocycles. The van der Waals surface area contributed by atoms with E-state index in [-0.39, 0.29) is 59.0 Å². The number of halogens is 4. The second-order valence-electron chi connectivity index (χ2n) is 21.2. The molecule has 6 atom stereocenters. The number of anilines is 2. The molecular weight excluding hydrogens is 949 g/mol. The Labute approximate surface area is 419 Å². The molecule has 4 amide bonds. The van der Waals surface area contributed by atoms with Gasteiger partial charge in [-0.3, -0.25) is 9.59 Å². The molecule has 2 saturated carbocycles. The van der Waals surface area contributed by atoms with E-state index in [0.717, 1.165) is 70.6 Å². The van der Waals surface area contributed by atoms with Crippen molar-refractivity contribution >= 4 is 57.4 Å². The molecule has 11 rings (SSSR count). The molecule has 3 aromatic carbocycles. The minimum absolute atomic E-state index is 0.103. The number of imidazole rings is 2. The third-order valence-corrected chi connectivity index (χ3v) is 16.8. The summed E-state index contributed by atoms with van der Waals surface area (Å²) < 4.78 is 66.6. The maximum Gasteiger partial charge on any atom is 0.405 e. The summed E-state index contributed by atoms with van der Waals surface area (Å²) in [5.41, 5.74) is 1.87. The van der Waals surface area contributed by atoms with Crippen LogP contribution in [0.3, 0.4) is 0 Å². The fraction of sp³-hybridized carbons (Fsp3) is 0.547. The Morgan fingerprint density at radius 3 is 1.38 bits per heavy atom. The Hall–Kier alpha value is -6.60. The average Bonchev–Trinajstić information content (AvgIpc) is 4.22. The van der Waals surface area contributed by atoms with Crippen LogP contribution >= 0.6 is 0 Å². The van der Waals surface area contributed by atoms with Crippen LogP contribution < -0.4 is 20.4 Å². The smallest absolute Gasteiger partial charge is 0.405 e. The number of benzene rings is 3. The monoisotopic (exact) mass is 1010 g/mol. The third-order valence-electron chi connectivity index (χ3n) is 16.8. The minimum Gasteiger partial charge on any atom is -0.465 e. The number of nitrogens with one attached hydrogen (secondary N) is 4. The number of carbonyl (C=O) groups is 4. The van der Waals surface area contributed by atoms with Gasteiger partial charge in [0.25, 0.3) is 0 Å². The summed E-state index contributed by atoms with van der Waals surface area (Å²) in [5, 5.41) is 24.3. The van der Waals surface area contributed by atoms with E-state index < -0.39 is 71.7 Å². The molecule has 20 heteroatoms. The van der Waals surface area contributed by atoms with Crippen LogP contribution in [-0.2, 0) is 9.59 Å². The predicted molar refractivity (Wildman–Crippen MR) is 263 cm³/mol. The van der Waals surface area contributed by atoms with E-state index in [4.69, 9.17) is 9.97 Å². The molecule has 4 saturated heterocycles. The van der Waals surface area contributed by atoms with Crippen molar-refractivity contribution in [2.45, 2.75) is 145 Å². The number of piperidine rings is 1. The number of H-pyrrole nitrogens is 2. The third kappa shape index (κ3) is 9.27. The molecule has 6 heterocycles. The molecule has 6 aliphatic rings. The van der Waals surface area contributed by atoms with Gasteiger partial charge in [0, 0.05) is 43.0 Å². The van der Waals surface area contributed by atoms with Crippen LogP contribution in [0.1, 0.15) is 156 Å². The van der Waals surface area contributed by atoms with Gasteiger partial charge in [-0.1, -0.05) is 25.7 Å². The lowest BCUT2D eigenvalue weighted by molar-refractivity contribution is -0.136. The lowest BCUT2D eigenvalue weighted by Gasteiger charge is -2.35. The van der Waals surface area contributed by atoms with E-state index in [2.05, 4.69) is 20.6 Å². The van der Waals surface area contributed by atoms with Crippen molar-refractivity contribution in [1.29, 1.82) is 0 Å². The van der Waals surface area contributed by atoms with Gasteiger partial charge in [-0.25, -0.2) is 37.1 Å². The summed E-state index contributed by atoms with van der Waals surface area (Å²) in [6.45, 7) is 1.80. The molecular formula is C53H62F4N10O6. The highest BCUT2D eigenvalue weighted by Crippen LogP contribution is 2.50. The normalized spacial score (nSPS) is 23.8. The van der Waals surface area contributed by atoms with Gasteiger partial charge in [0.05, 0.1) is 46.2 Å². The van der Waals surface area contributed by atoms with E-state index in [0.29, 0.717) is 85.6 Å². The maximum atomic E-state index is 16.9. The van der Waals surface area contributed by atoms with Gasteiger partial charge in [-0.15, -0.1) is 0 Å².